The number of carbonyl (C=O) groups is 2. The summed E-state index contributed by atoms with van der Waals surface area (Å²) in [5, 5.41) is 5.59. The van der Waals surface area contributed by atoms with Crippen LogP contribution < -0.4 is 20.1 Å². The van der Waals surface area contributed by atoms with Crippen LogP contribution in [-0.4, -0.2) is 32.8 Å². The third kappa shape index (κ3) is 4.55. The summed E-state index contributed by atoms with van der Waals surface area (Å²) in [6, 6.07) is 2.50. The van der Waals surface area contributed by atoms with Crippen molar-refractivity contribution < 1.29 is 23.8 Å². The first-order valence-electron chi connectivity index (χ1n) is 8.86. The third-order valence-electron chi connectivity index (χ3n) is 4.26. The minimum atomic E-state index is -0.668. The number of urea groups is 1. The van der Waals surface area contributed by atoms with Crippen LogP contribution in [0.1, 0.15) is 44.7 Å². The van der Waals surface area contributed by atoms with E-state index in [4.69, 9.17) is 14.2 Å². The molecule has 1 atom stereocenters. The lowest BCUT2D eigenvalue weighted by Crippen LogP contribution is -2.46. The summed E-state index contributed by atoms with van der Waals surface area (Å²) in [4.78, 5) is 25.0. The Morgan fingerprint density at radius 3 is 2.56 bits per heavy atom. The molecule has 0 aliphatic carbocycles. The van der Waals surface area contributed by atoms with Crippen molar-refractivity contribution >= 4 is 27.9 Å². The molecule has 1 heterocycles. The van der Waals surface area contributed by atoms with Gasteiger partial charge in [-0.15, -0.1) is 0 Å². The van der Waals surface area contributed by atoms with Crippen molar-refractivity contribution in [2.45, 2.75) is 39.2 Å². The monoisotopic (exact) mass is 440 g/mol. The van der Waals surface area contributed by atoms with E-state index in [0.29, 0.717) is 39.2 Å². The first kappa shape index (κ1) is 21.1. The van der Waals surface area contributed by atoms with Crippen molar-refractivity contribution in [1.29, 1.82) is 0 Å². The molecule has 7 nitrogen and oxygen atoms in total. The van der Waals surface area contributed by atoms with Crippen molar-refractivity contribution in [3.8, 4) is 11.5 Å². The Labute approximate surface area is 167 Å². The molecule has 0 saturated carbocycles. The topological polar surface area (TPSA) is 85.9 Å². The molecule has 0 saturated heterocycles. The number of hydrogen-bond acceptors (Lipinski definition) is 5. The van der Waals surface area contributed by atoms with E-state index >= 15 is 0 Å². The maximum absolute atomic E-state index is 12.7. The van der Waals surface area contributed by atoms with Gasteiger partial charge in [0.25, 0.3) is 0 Å². The van der Waals surface area contributed by atoms with E-state index in [2.05, 4.69) is 33.5 Å². The number of rotatable bonds is 8. The van der Waals surface area contributed by atoms with E-state index in [0.717, 1.165) is 12.8 Å². The lowest BCUT2D eigenvalue weighted by molar-refractivity contribution is -0.139. The number of ether oxygens (including phenoxy) is 3. The summed E-state index contributed by atoms with van der Waals surface area (Å²) < 4.78 is 16.6. The molecule has 1 aromatic carbocycles. The fourth-order valence-electron chi connectivity index (χ4n) is 2.98. The molecule has 1 aromatic rings. The maximum atomic E-state index is 12.7. The predicted octanol–water partition coefficient (Wildman–Crippen LogP) is 3.83. The van der Waals surface area contributed by atoms with Gasteiger partial charge in [0.05, 0.1) is 36.9 Å². The van der Waals surface area contributed by atoms with Crippen LogP contribution in [0.15, 0.2) is 27.9 Å². The molecule has 1 unspecified atom stereocenters. The zero-order valence-electron chi connectivity index (χ0n) is 16.0. The zero-order chi connectivity index (χ0) is 20.0. The molecular formula is C19H25BrN2O5. The summed E-state index contributed by atoms with van der Waals surface area (Å²) in [6.45, 7) is 4.05. The van der Waals surface area contributed by atoms with Crippen molar-refractivity contribution in [3.05, 3.63) is 33.4 Å². The molecule has 0 spiro atoms. The molecule has 0 bridgehead atoms. The second kappa shape index (κ2) is 9.64. The standard InChI is InChI=1S/C19H25BrN2O5/c1-5-7-8-12-14(18(23)27-6-2)16(22-19(24)21-12)11-9-10-13(25-3)17(26-4)15(11)20/h9-10,16H,5-8H2,1-4H3,(H2,21,22,24). The number of allylic oxidation sites excluding steroid dienone is 1. The van der Waals surface area contributed by atoms with Gasteiger partial charge in [0.15, 0.2) is 11.5 Å². The SMILES string of the molecule is CCCCC1=C(C(=O)OCC)C(c2ccc(OC)c(OC)c2Br)NC(=O)N1. The number of hydrogen-bond donors (Lipinski definition) is 2. The molecule has 2 N–H and O–H groups in total. The van der Waals surface area contributed by atoms with Crippen LogP contribution in [0.5, 0.6) is 11.5 Å². The number of nitrogens with one attached hydrogen (secondary N) is 2. The minimum Gasteiger partial charge on any atom is -0.493 e. The van der Waals surface area contributed by atoms with E-state index < -0.39 is 12.0 Å². The average Bonchev–Trinajstić information content (AvgIpc) is 2.65. The fraction of sp³-hybridized carbons (Fsp3) is 0.474. The summed E-state index contributed by atoms with van der Waals surface area (Å²) in [7, 11) is 3.07. The number of unbranched alkanes of at least 4 members (excludes halogenated alkanes) is 1. The van der Waals surface area contributed by atoms with Gasteiger partial charge in [-0.2, -0.15) is 0 Å². The van der Waals surface area contributed by atoms with Gasteiger partial charge in [-0.3, -0.25) is 0 Å². The lowest BCUT2D eigenvalue weighted by Gasteiger charge is -2.30. The summed E-state index contributed by atoms with van der Waals surface area (Å²) in [5.74, 6) is 0.574. The van der Waals surface area contributed by atoms with Gasteiger partial charge in [-0.1, -0.05) is 19.4 Å². The molecule has 2 amide bonds. The van der Waals surface area contributed by atoms with Gasteiger partial charge in [-0.05, 0) is 47.3 Å². The molecule has 1 aliphatic rings. The first-order valence-corrected chi connectivity index (χ1v) is 9.65. The number of halogens is 1. The van der Waals surface area contributed by atoms with Crippen LogP contribution in [0, 0.1) is 0 Å². The Hall–Kier alpha value is -2.22. The summed E-state index contributed by atoms with van der Waals surface area (Å²) in [5.41, 5.74) is 1.67. The second-order valence-electron chi connectivity index (χ2n) is 5.95. The highest BCUT2D eigenvalue weighted by atomic mass is 79.9. The highest BCUT2D eigenvalue weighted by Gasteiger charge is 2.35. The second-order valence-corrected chi connectivity index (χ2v) is 6.75. The predicted molar refractivity (Wildman–Crippen MR) is 105 cm³/mol. The number of benzene rings is 1. The van der Waals surface area contributed by atoms with Gasteiger partial charge in [-0.25, -0.2) is 9.59 Å². The molecule has 27 heavy (non-hydrogen) atoms. The van der Waals surface area contributed by atoms with E-state index in [1.165, 1.54) is 7.11 Å². The van der Waals surface area contributed by atoms with Gasteiger partial charge in [0.1, 0.15) is 0 Å². The number of methoxy groups -OCH3 is 2. The molecule has 2 rings (SSSR count). The highest BCUT2D eigenvalue weighted by Crippen LogP contribution is 2.42. The van der Waals surface area contributed by atoms with Crippen molar-refractivity contribution in [1.82, 2.24) is 10.6 Å². The third-order valence-corrected chi connectivity index (χ3v) is 5.07. The van der Waals surface area contributed by atoms with Crippen LogP contribution in [-0.2, 0) is 9.53 Å². The van der Waals surface area contributed by atoms with Crippen LogP contribution in [0.25, 0.3) is 0 Å². The highest BCUT2D eigenvalue weighted by molar-refractivity contribution is 9.10. The van der Waals surface area contributed by atoms with Crippen LogP contribution in [0.3, 0.4) is 0 Å². The largest absolute Gasteiger partial charge is 0.493 e. The van der Waals surface area contributed by atoms with E-state index in [9.17, 15) is 9.59 Å². The Balaban J connectivity index is 2.60. The summed E-state index contributed by atoms with van der Waals surface area (Å²) >= 11 is 3.53. The summed E-state index contributed by atoms with van der Waals surface area (Å²) in [6.07, 6.45) is 2.37. The van der Waals surface area contributed by atoms with Gasteiger partial charge in [0, 0.05) is 5.70 Å². The fourth-order valence-corrected chi connectivity index (χ4v) is 3.70. The molecule has 0 aromatic heterocycles. The quantitative estimate of drug-likeness (QED) is 0.599. The smallest absolute Gasteiger partial charge is 0.338 e. The Morgan fingerprint density at radius 1 is 1.22 bits per heavy atom. The first-order chi connectivity index (χ1) is 13.0. The van der Waals surface area contributed by atoms with E-state index in [-0.39, 0.29) is 12.6 Å². The molecule has 148 valence electrons. The number of amides is 2. The van der Waals surface area contributed by atoms with Gasteiger partial charge in [0.2, 0.25) is 0 Å². The van der Waals surface area contributed by atoms with Gasteiger partial charge < -0.3 is 24.8 Å². The van der Waals surface area contributed by atoms with E-state index in [1.807, 2.05) is 0 Å². The lowest BCUT2D eigenvalue weighted by atomic mass is 9.93. The van der Waals surface area contributed by atoms with Crippen LogP contribution >= 0.6 is 15.9 Å². The van der Waals surface area contributed by atoms with Crippen LogP contribution in [0.2, 0.25) is 0 Å². The number of esters is 1. The molecule has 1 aliphatic heterocycles. The average molecular weight is 441 g/mol. The van der Waals surface area contributed by atoms with Crippen molar-refractivity contribution in [2.24, 2.45) is 0 Å². The van der Waals surface area contributed by atoms with Crippen molar-refractivity contribution in [2.75, 3.05) is 20.8 Å². The molecule has 8 heteroatoms. The Morgan fingerprint density at radius 2 is 1.96 bits per heavy atom. The molecular weight excluding hydrogens is 416 g/mol. The van der Waals surface area contributed by atoms with Crippen LogP contribution in [0.4, 0.5) is 4.79 Å². The zero-order valence-corrected chi connectivity index (χ0v) is 17.6. The Bertz CT molecular complexity index is 748. The van der Waals surface area contributed by atoms with E-state index in [1.54, 1.807) is 26.2 Å². The maximum Gasteiger partial charge on any atom is 0.338 e. The van der Waals surface area contributed by atoms with Gasteiger partial charge >= 0.3 is 12.0 Å². The normalized spacial score (nSPS) is 16.5. The number of carbonyl (C=O) groups excluding carboxylic acids is 2. The molecule has 0 radical (unpaired) electrons. The molecule has 0 fully saturated rings. The minimum absolute atomic E-state index is 0.247. The Kier molecular flexibility index (Phi) is 7.53. The van der Waals surface area contributed by atoms with Crippen molar-refractivity contribution in [3.63, 3.8) is 0 Å².